The molecule has 1 aliphatic heterocycles. The van der Waals surface area contributed by atoms with E-state index < -0.39 is 32.4 Å². The molecule has 2 aromatic rings. The first-order valence-electron chi connectivity index (χ1n) is 13.4. The van der Waals surface area contributed by atoms with Gasteiger partial charge in [-0.05, 0) is 19.3 Å². The fraction of sp³-hybridized carbons (Fsp3) is 0.792. The Balaban J connectivity index is 1.85. The van der Waals surface area contributed by atoms with Gasteiger partial charge < -0.3 is 25.8 Å². The fourth-order valence-corrected chi connectivity index (χ4v) is 6.02. The largest absolute Gasteiger partial charge is 0.472 e. The van der Waals surface area contributed by atoms with Gasteiger partial charge in [-0.1, -0.05) is 65.7 Å². The van der Waals surface area contributed by atoms with Crippen LogP contribution in [0.1, 0.15) is 91.2 Å². The molecule has 0 radical (unpaired) electrons. The topological polar surface area (TPSA) is 170 Å². The van der Waals surface area contributed by atoms with Crippen LogP contribution in [0.2, 0.25) is 0 Å². The number of unbranched alkanes of at least 4 members (excludes halogenated alkanes) is 5. The smallest absolute Gasteiger partial charge is 0.382 e. The molecule has 0 aliphatic carbocycles. The maximum atomic E-state index is 13.2. The zero-order valence-electron chi connectivity index (χ0n) is 22.4. The van der Waals surface area contributed by atoms with E-state index in [1.807, 2.05) is 6.92 Å². The van der Waals surface area contributed by atoms with E-state index in [9.17, 15) is 9.46 Å². The van der Waals surface area contributed by atoms with E-state index in [1.165, 1.54) is 13.4 Å². The van der Waals surface area contributed by atoms with Crippen molar-refractivity contribution < 1.29 is 28.0 Å². The first-order valence-corrected chi connectivity index (χ1v) is 14.9. The number of ether oxygens (including phenoxy) is 2. The summed E-state index contributed by atoms with van der Waals surface area (Å²) in [5, 5.41) is 0. The second-order valence-electron chi connectivity index (χ2n) is 9.58. The molecular formula is C24H43N6O6P. The van der Waals surface area contributed by atoms with Gasteiger partial charge in [0, 0.05) is 7.11 Å². The number of methoxy groups -OCH3 is 1. The Hall–Kier alpha value is -1.82. The van der Waals surface area contributed by atoms with Crippen molar-refractivity contribution in [2.24, 2.45) is 0 Å². The van der Waals surface area contributed by atoms with Crippen molar-refractivity contribution in [1.82, 2.24) is 19.5 Å². The molecular weight excluding hydrogens is 499 g/mol. The van der Waals surface area contributed by atoms with E-state index in [1.54, 1.807) is 4.57 Å². The summed E-state index contributed by atoms with van der Waals surface area (Å²) in [7, 11) is -2.90. The molecule has 0 saturated carbocycles. The molecule has 37 heavy (non-hydrogen) atoms. The number of imidazole rings is 1. The summed E-state index contributed by atoms with van der Waals surface area (Å²) in [5.74, 6) is 0.156. The number of aromatic nitrogens is 4. The van der Waals surface area contributed by atoms with E-state index in [-0.39, 0.29) is 17.9 Å². The highest BCUT2D eigenvalue weighted by molar-refractivity contribution is 7.47. The van der Waals surface area contributed by atoms with Gasteiger partial charge in [0.25, 0.3) is 0 Å². The van der Waals surface area contributed by atoms with Crippen molar-refractivity contribution in [2.45, 2.75) is 116 Å². The zero-order chi connectivity index (χ0) is 27.0. The SMILES string of the molecule is CCCCCCC1OC(n2cnc3c(N)nc(N)nc32)C(OC)C1OP(=O)(O)OC(CC)CCCCC. The van der Waals surface area contributed by atoms with Gasteiger partial charge in [-0.2, -0.15) is 9.97 Å². The van der Waals surface area contributed by atoms with Gasteiger partial charge in [0.2, 0.25) is 5.95 Å². The second kappa shape index (κ2) is 13.8. The molecule has 3 rings (SSSR count). The predicted molar refractivity (Wildman–Crippen MR) is 142 cm³/mol. The van der Waals surface area contributed by atoms with Crippen molar-refractivity contribution in [3.05, 3.63) is 6.33 Å². The maximum Gasteiger partial charge on any atom is 0.472 e. The fourth-order valence-electron chi connectivity index (χ4n) is 4.78. The maximum absolute atomic E-state index is 13.2. The number of nitrogen functional groups attached to an aromatic ring is 2. The molecule has 6 unspecified atom stereocenters. The molecule has 0 spiro atoms. The summed E-state index contributed by atoms with van der Waals surface area (Å²) in [6, 6.07) is 0. The van der Waals surface area contributed by atoms with Gasteiger partial charge in [-0.15, -0.1) is 0 Å². The van der Waals surface area contributed by atoms with Crippen LogP contribution >= 0.6 is 7.82 Å². The van der Waals surface area contributed by atoms with Crippen LogP contribution in [0, 0.1) is 0 Å². The molecule has 0 bridgehead atoms. The van der Waals surface area contributed by atoms with Crippen molar-refractivity contribution in [3.8, 4) is 0 Å². The lowest BCUT2D eigenvalue weighted by molar-refractivity contribution is -0.0508. The van der Waals surface area contributed by atoms with E-state index in [0.717, 1.165) is 44.9 Å². The molecule has 6 atom stereocenters. The van der Waals surface area contributed by atoms with Gasteiger partial charge in [0.05, 0.1) is 18.5 Å². The molecule has 12 nitrogen and oxygen atoms in total. The van der Waals surface area contributed by atoms with Crippen LogP contribution in [-0.4, -0.2) is 55.9 Å². The number of phosphoric acid groups is 1. The first kappa shape index (κ1) is 29.7. The standard InChI is InChI=1S/C24H43N6O6P/c1-5-8-10-12-14-17-19(36-37(31,32)35-16(7-3)13-11-9-6-2)20(33-4)23(34-17)30-15-27-18-21(25)28-24(26)29-22(18)30/h15-17,19-20,23H,5-14H2,1-4H3,(H,31,32)(H4,25,26,28,29). The van der Waals surface area contributed by atoms with Crippen molar-refractivity contribution >= 4 is 30.8 Å². The molecule has 5 N–H and O–H groups in total. The molecule has 0 aromatic carbocycles. The Morgan fingerprint density at radius 3 is 2.51 bits per heavy atom. The molecule has 210 valence electrons. The van der Waals surface area contributed by atoms with Crippen molar-refractivity contribution in [2.75, 3.05) is 18.6 Å². The highest BCUT2D eigenvalue weighted by atomic mass is 31.2. The highest BCUT2D eigenvalue weighted by Crippen LogP contribution is 2.51. The van der Waals surface area contributed by atoms with Crippen LogP contribution in [-0.2, 0) is 23.1 Å². The number of rotatable bonds is 16. The van der Waals surface area contributed by atoms with Gasteiger partial charge in [-0.25, -0.2) is 9.55 Å². The zero-order valence-corrected chi connectivity index (χ0v) is 23.3. The lowest BCUT2D eigenvalue weighted by Gasteiger charge is -2.27. The predicted octanol–water partition coefficient (Wildman–Crippen LogP) is 4.73. The minimum absolute atomic E-state index is 0.00423. The first-order chi connectivity index (χ1) is 17.7. The van der Waals surface area contributed by atoms with Crippen LogP contribution < -0.4 is 11.5 Å². The monoisotopic (exact) mass is 542 g/mol. The van der Waals surface area contributed by atoms with Crippen LogP contribution in [0.5, 0.6) is 0 Å². The molecule has 3 heterocycles. The van der Waals surface area contributed by atoms with E-state index in [2.05, 4.69) is 28.8 Å². The summed E-state index contributed by atoms with van der Waals surface area (Å²) < 4.78 is 38.4. The number of fused-ring (bicyclic) bond motifs is 1. The number of nitrogens with two attached hydrogens (primary N) is 2. The lowest BCUT2D eigenvalue weighted by Crippen LogP contribution is -2.35. The number of nitrogens with zero attached hydrogens (tertiary/aromatic N) is 4. The third-order valence-electron chi connectivity index (χ3n) is 6.76. The van der Waals surface area contributed by atoms with Gasteiger partial charge in [0.1, 0.15) is 17.7 Å². The average molecular weight is 543 g/mol. The van der Waals surface area contributed by atoms with E-state index >= 15 is 0 Å². The number of hydrogen-bond donors (Lipinski definition) is 3. The third-order valence-corrected chi connectivity index (χ3v) is 7.84. The van der Waals surface area contributed by atoms with Crippen molar-refractivity contribution in [3.63, 3.8) is 0 Å². The molecule has 13 heteroatoms. The minimum atomic E-state index is -4.41. The lowest BCUT2D eigenvalue weighted by atomic mass is 10.0. The van der Waals surface area contributed by atoms with E-state index in [4.69, 9.17) is 30.0 Å². The number of phosphoric ester groups is 1. The second-order valence-corrected chi connectivity index (χ2v) is 10.9. The van der Waals surface area contributed by atoms with Crippen molar-refractivity contribution in [1.29, 1.82) is 0 Å². The van der Waals surface area contributed by atoms with Gasteiger partial charge in [0.15, 0.2) is 17.7 Å². The average Bonchev–Trinajstić information content (AvgIpc) is 3.42. The van der Waals surface area contributed by atoms with Gasteiger partial charge in [-0.3, -0.25) is 13.6 Å². The van der Waals surface area contributed by atoms with E-state index in [0.29, 0.717) is 30.4 Å². The van der Waals surface area contributed by atoms with Gasteiger partial charge >= 0.3 is 7.82 Å². The quantitative estimate of drug-likeness (QED) is 0.198. The Morgan fingerprint density at radius 1 is 1.11 bits per heavy atom. The normalized spacial score (nSPS) is 24.5. The Kier molecular flexibility index (Phi) is 11.1. The third kappa shape index (κ3) is 7.61. The summed E-state index contributed by atoms with van der Waals surface area (Å²) in [5.41, 5.74) is 12.6. The molecule has 1 aliphatic rings. The number of hydrogen-bond acceptors (Lipinski definition) is 10. The summed E-state index contributed by atoms with van der Waals surface area (Å²) in [6.07, 6.45) is 7.34. The Bertz CT molecular complexity index is 1040. The summed E-state index contributed by atoms with van der Waals surface area (Å²) >= 11 is 0. The van der Waals surface area contributed by atoms with Crippen LogP contribution in [0.15, 0.2) is 6.33 Å². The Morgan fingerprint density at radius 2 is 1.84 bits per heavy atom. The molecule has 2 aromatic heterocycles. The molecule has 1 saturated heterocycles. The highest BCUT2D eigenvalue weighted by Gasteiger charge is 2.50. The molecule has 1 fully saturated rings. The Labute approximate surface area is 219 Å². The molecule has 0 amide bonds. The summed E-state index contributed by atoms with van der Waals surface area (Å²) in [6.45, 7) is 6.19. The summed E-state index contributed by atoms with van der Waals surface area (Å²) in [4.78, 5) is 23.3. The van der Waals surface area contributed by atoms with Crippen LogP contribution in [0.25, 0.3) is 11.2 Å². The minimum Gasteiger partial charge on any atom is -0.382 e. The number of anilines is 2. The van der Waals surface area contributed by atoms with Crippen LogP contribution in [0.4, 0.5) is 11.8 Å². The van der Waals surface area contributed by atoms with Crippen LogP contribution in [0.3, 0.4) is 0 Å².